The number of anilines is 1. The largest absolute Gasteiger partial charge is 0.353 e. The molecule has 3 rings (SSSR count). The van der Waals surface area contributed by atoms with Crippen molar-refractivity contribution in [2.24, 2.45) is 0 Å². The van der Waals surface area contributed by atoms with Gasteiger partial charge in [0.15, 0.2) is 5.13 Å². The van der Waals surface area contributed by atoms with Crippen molar-refractivity contribution in [2.45, 2.75) is 32.9 Å². The SMILES string of the molecule is CC(C)NC(=O)CN1CCN(C(C)C(=O)Nc2nc3ccc(F)cc3s2)CC1. The highest BCUT2D eigenvalue weighted by atomic mass is 32.1. The number of thiazole rings is 1. The molecule has 0 saturated carbocycles. The molecule has 0 spiro atoms. The Morgan fingerprint density at radius 2 is 1.93 bits per heavy atom. The van der Waals surface area contributed by atoms with Gasteiger partial charge in [-0.3, -0.25) is 19.4 Å². The third kappa shape index (κ3) is 5.24. The Kier molecular flexibility index (Phi) is 6.58. The van der Waals surface area contributed by atoms with E-state index in [1.54, 1.807) is 6.07 Å². The zero-order valence-corrected chi connectivity index (χ0v) is 17.2. The summed E-state index contributed by atoms with van der Waals surface area (Å²) in [5.74, 6) is -0.422. The van der Waals surface area contributed by atoms with Crippen LogP contribution in [-0.2, 0) is 9.59 Å². The Hall–Kier alpha value is -2.10. The van der Waals surface area contributed by atoms with Crippen molar-refractivity contribution >= 4 is 38.5 Å². The summed E-state index contributed by atoms with van der Waals surface area (Å²) in [6.07, 6.45) is 0. The highest BCUT2D eigenvalue weighted by Crippen LogP contribution is 2.26. The van der Waals surface area contributed by atoms with Gasteiger partial charge in [0.25, 0.3) is 0 Å². The minimum absolute atomic E-state index is 0.0292. The number of carbonyl (C=O) groups excluding carboxylic acids is 2. The highest BCUT2D eigenvalue weighted by molar-refractivity contribution is 7.22. The van der Waals surface area contributed by atoms with E-state index in [0.717, 1.165) is 13.1 Å². The van der Waals surface area contributed by atoms with Gasteiger partial charge in [0.05, 0.1) is 22.8 Å². The van der Waals surface area contributed by atoms with Gasteiger partial charge in [0.1, 0.15) is 5.82 Å². The Bertz CT molecular complexity index is 848. The Balaban J connectivity index is 1.50. The summed E-state index contributed by atoms with van der Waals surface area (Å²) < 4.78 is 14.0. The molecule has 1 saturated heterocycles. The van der Waals surface area contributed by atoms with Gasteiger partial charge >= 0.3 is 0 Å². The first kappa shape index (κ1) is 20.6. The third-order valence-corrected chi connectivity index (χ3v) is 5.67. The van der Waals surface area contributed by atoms with Gasteiger partial charge in [0.2, 0.25) is 11.8 Å². The molecule has 1 atom stereocenters. The van der Waals surface area contributed by atoms with E-state index in [4.69, 9.17) is 0 Å². The fourth-order valence-corrected chi connectivity index (χ4v) is 4.10. The van der Waals surface area contributed by atoms with Crippen LogP contribution in [0.4, 0.5) is 9.52 Å². The smallest absolute Gasteiger partial charge is 0.243 e. The first-order chi connectivity index (χ1) is 13.3. The van der Waals surface area contributed by atoms with E-state index in [9.17, 15) is 14.0 Å². The second kappa shape index (κ2) is 8.93. The molecule has 7 nitrogen and oxygen atoms in total. The van der Waals surface area contributed by atoms with Crippen LogP contribution in [0, 0.1) is 5.82 Å². The standard InChI is InChI=1S/C19H26FN5O2S/c1-12(2)21-17(26)11-24-6-8-25(9-7-24)13(3)18(27)23-19-22-15-5-4-14(20)10-16(15)28-19/h4-5,10,12-13H,6-9,11H2,1-3H3,(H,21,26)(H,22,23,27). The first-order valence-electron chi connectivity index (χ1n) is 9.44. The van der Waals surface area contributed by atoms with Crippen molar-refractivity contribution in [2.75, 3.05) is 38.0 Å². The maximum absolute atomic E-state index is 13.3. The fourth-order valence-electron chi connectivity index (χ4n) is 3.21. The third-order valence-electron chi connectivity index (χ3n) is 4.73. The van der Waals surface area contributed by atoms with Crippen LogP contribution in [0.25, 0.3) is 10.2 Å². The molecule has 2 amide bonds. The molecule has 2 aromatic rings. The molecule has 1 unspecified atom stereocenters. The number of nitrogens with zero attached hydrogens (tertiary/aromatic N) is 3. The predicted octanol–water partition coefficient (Wildman–Crippen LogP) is 1.90. The Morgan fingerprint density at radius 1 is 1.21 bits per heavy atom. The van der Waals surface area contributed by atoms with Gasteiger partial charge in [-0.1, -0.05) is 11.3 Å². The van der Waals surface area contributed by atoms with Crippen LogP contribution in [0.15, 0.2) is 18.2 Å². The molecule has 28 heavy (non-hydrogen) atoms. The molecule has 152 valence electrons. The second-order valence-electron chi connectivity index (χ2n) is 7.33. The van der Waals surface area contributed by atoms with Crippen LogP contribution in [0.5, 0.6) is 0 Å². The molecule has 1 aromatic heterocycles. The number of piperazine rings is 1. The van der Waals surface area contributed by atoms with Crippen LogP contribution in [0.3, 0.4) is 0 Å². The number of benzene rings is 1. The Labute approximate surface area is 167 Å². The molecule has 2 heterocycles. The van der Waals surface area contributed by atoms with E-state index in [1.165, 1.54) is 23.5 Å². The summed E-state index contributed by atoms with van der Waals surface area (Å²) in [5.41, 5.74) is 0.669. The fraction of sp³-hybridized carbons (Fsp3) is 0.526. The number of fused-ring (bicyclic) bond motifs is 1. The molecule has 1 aliphatic rings. The zero-order valence-electron chi connectivity index (χ0n) is 16.4. The van der Waals surface area contributed by atoms with E-state index in [0.29, 0.717) is 35.0 Å². The minimum Gasteiger partial charge on any atom is -0.353 e. The summed E-state index contributed by atoms with van der Waals surface area (Å²) in [7, 11) is 0. The molecule has 0 bridgehead atoms. The summed E-state index contributed by atoms with van der Waals surface area (Å²) in [4.78, 5) is 33.0. The molecule has 1 fully saturated rings. The summed E-state index contributed by atoms with van der Waals surface area (Å²) in [6.45, 7) is 9.05. The van der Waals surface area contributed by atoms with Gasteiger partial charge in [-0.2, -0.15) is 0 Å². The molecule has 9 heteroatoms. The number of aromatic nitrogens is 1. The first-order valence-corrected chi connectivity index (χ1v) is 10.3. The van der Waals surface area contributed by atoms with E-state index < -0.39 is 0 Å². The number of hydrogen-bond acceptors (Lipinski definition) is 6. The maximum atomic E-state index is 13.3. The number of rotatable bonds is 6. The lowest BCUT2D eigenvalue weighted by atomic mass is 10.2. The summed E-state index contributed by atoms with van der Waals surface area (Å²) in [5, 5.41) is 6.21. The van der Waals surface area contributed by atoms with Gasteiger partial charge in [0, 0.05) is 32.2 Å². The molecular weight excluding hydrogens is 381 g/mol. The summed E-state index contributed by atoms with van der Waals surface area (Å²) in [6, 6.07) is 4.21. The van der Waals surface area contributed by atoms with Crippen molar-refractivity contribution in [3.8, 4) is 0 Å². The Morgan fingerprint density at radius 3 is 2.61 bits per heavy atom. The van der Waals surface area contributed by atoms with Crippen LogP contribution in [0.2, 0.25) is 0 Å². The normalized spacial score (nSPS) is 17.0. The molecule has 0 radical (unpaired) electrons. The second-order valence-corrected chi connectivity index (χ2v) is 8.36. The van der Waals surface area contributed by atoms with E-state index in [1.807, 2.05) is 20.8 Å². The van der Waals surface area contributed by atoms with Gasteiger partial charge in [-0.05, 0) is 39.0 Å². The average Bonchev–Trinajstić information content (AvgIpc) is 3.02. The molecule has 0 aliphatic carbocycles. The number of hydrogen-bond donors (Lipinski definition) is 2. The van der Waals surface area contributed by atoms with Gasteiger partial charge in [-0.25, -0.2) is 9.37 Å². The van der Waals surface area contributed by atoms with Gasteiger partial charge in [-0.15, -0.1) is 0 Å². The molecule has 2 N–H and O–H groups in total. The topological polar surface area (TPSA) is 77.6 Å². The summed E-state index contributed by atoms with van der Waals surface area (Å²) >= 11 is 1.26. The minimum atomic E-state index is -0.317. The number of nitrogens with one attached hydrogen (secondary N) is 2. The number of carbonyl (C=O) groups is 2. The zero-order chi connectivity index (χ0) is 20.3. The van der Waals surface area contributed by atoms with Crippen molar-refractivity contribution in [1.29, 1.82) is 0 Å². The van der Waals surface area contributed by atoms with Crippen LogP contribution in [-0.4, -0.2) is 71.4 Å². The van der Waals surface area contributed by atoms with Crippen molar-refractivity contribution in [1.82, 2.24) is 20.1 Å². The van der Waals surface area contributed by atoms with E-state index >= 15 is 0 Å². The maximum Gasteiger partial charge on any atom is 0.243 e. The number of amides is 2. The molecular formula is C19H26FN5O2S. The highest BCUT2D eigenvalue weighted by Gasteiger charge is 2.27. The van der Waals surface area contributed by atoms with Crippen molar-refractivity contribution in [3.05, 3.63) is 24.0 Å². The average molecular weight is 408 g/mol. The number of halogens is 1. The van der Waals surface area contributed by atoms with Crippen LogP contribution < -0.4 is 10.6 Å². The van der Waals surface area contributed by atoms with Crippen molar-refractivity contribution < 1.29 is 14.0 Å². The predicted molar refractivity (Wildman–Crippen MR) is 109 cm³/mol. The van der Waals surface area contributed by atoms with Crippen LogP contribution >= 0.6 is 11.3 Å². The van der Waals surface area contributed by atoms with E-state index in [-0.39, 0.29) is 29.7 Å². The quantitative estimate of drug-likeness (QED) is 0.765. The lowest BCUT2D eigenvalue weighted by molar-refractivity contribution is -0.125. The van der Waals surface area contributed by atoms with Gasteiger partial charge < -0.3 is 10.6 Å². The molecule has 1 aliphatic heterocycles. The lowest BCUT2D eigenvalue weighted by Gasteiger charge is -2.37. The van der Waals surface area contributed by atoms with Crippen LogP contribution in [0.1, 0.15) is 20.8 Å². The van der Waals surface area contributed by atoms with Crippen molar-refractivity contribution in [3.63, 3.8) is 0 Å². The van der Waals surface area contributed by atoms with E-state index in [2.05, 4.69) is 25.4 Å². The monoisotopic (exact) mass is 407 g/mol. The lowest BCUT2D eigenvalue weighted by Crippen LogP contribution is -2.54. The molecule has 1 aromatic carbocycles.